The summed E-state index contributed by atoms with van der Waals surface area (Å²) in [6, 6.07) is 11.1. The van der Waals surface area contributed by atoms with Crippen LogP contribution in [0.3, 0.4) is 0 Å². The molecule has 2 aromatic carbocycles. The second-order valence-corrected chi connectivity index (χ2v) is 10.9. The Bertz CT molecular complexity index is 1100. The number of rotatable bonds is 3. The lowest BCUT2D eigenvalue weighted by Gasteiger charge is -2.35. The van der Waals surface area contributed by atoms with Crippen molar-refractivity contribution in [3.8, 4) is 0 Å². The molecule has 0 spiro atoms. The number of hydrogen-bond donors (Lipinski definition) is 0. The second kappa shape index (κ2) is 8.15. The summed E-state index contributed by atoms with van der Waals surface area (Å²) >= 11 is 9.54. The van der Waals surface area contributed by atoms with E-state index in [1.807, 2.05) is 37.3 Å². The van der Waals surface area contributed by atoms with Crippen LogP contribution in [0.2, 0.25) is 5.02 Å². The van der Waals surface area contributed by atoms with Crippen LogP contribution in [-0.2, 0) is 21.2 Å². The smallest absolute Gasteiger partial charge is 0.244 e. The third kappa shape index (κ3) is 3.86. The molecule has 0 saturated carbocycles. The summed E-state index contributed by atoms with van der Waals surface area (Å²) in [6.45, 7) is 5.41. The molecule has 0 aliphatic carbocycles. The van der Waals surface area contributed by atoms with E-state index in [2.05, 4.69) is 20.8 Å². The van der Waals surface area contributed by atoms with Gasteiger partial charge in [-0.2, -0.15) is 4.31 Å². The van der Waals surface area contributed by atoms with Crippen LogP contribution >= 0.6 is 27.5 Å². The zero-order valence-corrected chi connectivity index (χ0v) is 20.0. The number of fused-ring (bicyclic) bond motifs is 1. The molecular weight excluding hydrogens is 490 g/mol. The van der Waals surface area contributed by atoms with E-state index >= 15 is 0 Å². The fourth-order valence-corrected chi connectivity index (χ4v) is 6.97. The summed E-state index contributed by atoms with van der Waals surface area (Å²) in [7, 11) is -3.70. The van der Waals surface area contributed by atoms with E-state index in [1.54, 1.807) is 11.0 Å². The summed E-state index contributed by atoms with van der Waals surface area (Å²) in [5, 5.41) is 0.661. The third-order valence-electron chi connectivity index (χ3n) is 5.72. The molecule has 6 nitrogen and oxygen atoms in total. The van der Waals surface area contributed by atoms with Crippen molar-refractivity contribution in [1.29, 1.82) is 0 Å². The minimum Gasteiger partial charge on any atom is -0.369 e. The number of nitrogens with zero attached hydrogens (tertiary/aromatic N) is 3. The Morgan fingerprint density at radius 2 is 1.83 bits per heavy atom. The highest BCUT2D eigenvalue weighted by molar-refractivity contribution is 9.10. The van der Waals surface area contributed by atoms with Crippen molar-refractivity contribution >= 4 is 54.8 Å². The van der Waals surface area contributed by atoms with E-state index in [0.717, 1.165) is 11.3 Å². The van der Waals surface area contributed by atoms with E-state index in [9.17, 15) is 13.2 Å². The topological polar surface area (TPSA) is 60.9 Å². The predicted molar refractivity (Wildman–Crippen MR) is 123 cm³/mol. The van der Waals surface area contributed by atoms with Crippen LogP contribution in [0.1, 0.15) is 19.4 Å². The van der Waals surface area contributed by atoms with Crippen LogP contribution in [0.15, 0.2) is 45.8 Å². The number of amides is 1. The van der Waals surface area contributed by atoms with Crippen LogP contribution in [0.5, 0.6) is 0 Å². The molecule has 0 radical (unpaired) electrons. The molecule has 2 aliphatic rings. The van der Waals surface area contributed by atoms with Crippen molar-refractivity contribution in [3.63, 3.8) is 0 Å². The molecule has 1 unspecified atom stereocenters. The van der Waals surface area contributed by atoms with Gasteiger partial charge in [0.1, 0.15) is 0 Å². The molecule has 0 N–H and O–H groups in total. The summed E-state index contributed by atoms with van der Waals surface area (Å²) in [5.74, 6) is -0.0814. The number of piperazine rings is 1. The van der Waals surface area contributed by atoms with Gasteiger partial charge in [0.2, 0.25) is 15.9 Å². The van der Waals surface area contributed by atoms with Gasteiger partial charge in [-0.1, -0.05) is 17.7 Å². The highest BCUT2D eigenvalue weighted by atomic mass is 79.9. The SMILES string of the molecule is CC(=O)N1c2cc(S(=O)(=O)N3CCN(c4cccc(Cl)c4)CC3)c(Br)cc2CC1C. The summed E-state index contributed by atoms with van der Waals surface area (Å²) in [5.41, 5.74) is 2.66. The lowest BCUT2D eigenvalue weighted by molar-refractivity contribution is -0.116. The average molecular weight is 513 g/mol. The van der Waals surface area contributed by atoms with E-state index in [1.165, 1.54) is 11.2 Å². The van der Waals surface area contributed by atoms with E-state index < -0.39 is 10.0 Å². The number of hydrogen-bond acceptors (Lipinski definition) is 4. The summed E-state index contributed by atoms with van der Waals surface area (Å²) < 4.78 is 28.9. The van der Waals surface area contributed by atoms with Crippen LogP contribution < -0.4 is 9.80 Å². The van der Waals surface area contributed by atoms with Crippen LogP contribution in [0, 0.1) is 0 Å². The second-order valence-electron chi connectivity index (χ2n) is 7.72. The quantitative estimate of drug-likeness (QED) is 0.626. The number of carbonyl (C=O) groups is 1. The minimum absolute atomic E-state index is 0.0172. The van der Waals surface area contributed by atoms with E-state index in [4.69, 9.17) is 11.6 Å². The zero-order valence-electron chi connectivity index (χ0n) is 16.8. The highest BCUT2D eigenvalue weighted by Crippen LogP contribution is 2.39. The van der Waals surface area contributed by atoms with Gasteiger partial charge >= 0.3 is 0 Å². The first kappa shape index (κ1) is 21.6. The van der Waals surface area contributed by atoms with Gasteiger partial charge in [0, 0.05) is 60.0 Å². The largest absolute Gasteiger partial charge is 0.369 e. The van der Waals surface area contributed by atoms with Gasteiger partial charge < -0.3 is 9.80 Å². The fourth-order valence-electron chi connectivity index (χ4n) is 4.29. The monoisotopic (exact) mass is 511 g/mol. The average Bonchev–Trinajstić information content (AvgIpc) is 3.02. The molecule has 1 fully saturated rings. The van der Waals surface area contributed by atoms with E-state index in [-0.39, 0.29) is 16.8 Å². The standard InChI is InChI=1S/C21H23BrClN3O3S/c1-14-10-16-11-19(22)21(13-20(16)26(14)15(2)27)30(28,29)25-8-6-24(7-9-25)18-5-3-4-17(23)12-18/h3-5,11-14H,6-10H2,1-2H3. The summed E-state index contributed by atoms with van der Waals surface area (Å²) in [6.07, 6.45) is 0.714. The molecule has 2 aliphatic heterocycles. The molecule has 0 bridgehead atoms. The Morgan fingerprint density at radius 3 is 2.47 bits per heavy atom. The van der Waals surface area contributed by atoms with Crippen molar-refractivity contribution in [2.24, 2.45) is 0 Å². The van der Waals surface area contributed by atoms with Crippen LogP contribution in [0.25, 0.3) is 0 Å². The van der Waals surface area contributed by atoms with Crippen LogP contribution in [0.4, 0.5) is 11.4 Å². The first-order chi connectivity index (χ1) is 14.2. The Hall–Kier alpha value is -1.61. The predicted octanol–water partition coefficient (Wildman–Crippen LogP) is 3.91. The van der Waals surface area contributed by atoms with Gasteiger partial charge in [0.05, 0.1) is 4.90 Å². The van der Waals surface area contributed by atoms with Crippen molar-refractivity contribution < 1.29 is 13.2 Å². The number of benzene rings is 2. The highest BCUT2D eigenvalue weighted by Gasteiger charge is 2.35. The van der Waals surface area contributed by atoms with Gasteiger partial charge in [-0.3, -0.25) is 4.79 Å². The normalized spacial score (nSPS) is 19.8. The van der Waals surface area contributed by atoms with Crippen molar-refractivity contribution in [3.05, 3.63) is 51.5 Å². The van der Waals surface area contributed by atoms with Crippen molar-refractivity contribution in [1.82, 2.24) is 4.31 Å². The Labute approximate surface area is 190 Å². The van der Waals surface area contributed by atoms with Crippen LogP contribution in [-0.4, -0.2) is 50.9 Å². The lowest BCUT2D eigenvalue weighted by atomic mass is 10.1. The third-order valence-corrected chi connectivity index (χ3v) is 8.81. The molecule has 1 amide bonds. The maximum absolute atomic E-state index is 13.4. The number of carbonyl (C=O) groups excluding carboxylic acids is 1. The maximum atomic E-state index is 13.4. The Morgan fingerprint density at radius 1 is 1.13 bits per heavy atom. The van der Waals surface area contributed by atoms with Gasteiger partial charge in [0.15, 0.2) is 0 Å². The van der Waals surface area contributed by atoms with Gasteiger partial charge in [0.25, 0.3) is 0 Å². The number of anilines is 2. The molecule has 1 atom stereocenters. The zero-order chi connectivity index (χ0) is 21.6. The first-order valence-electron chi connectivity index (χ1n) is 9.81. The van der Waals surface area contributed by atoms with E-state index in [0.29, 0.717) is 47.8 Å². The van der Waals surface area contributed by atoms with Crippen molar-refractivity contribution in [2.75, 3.05) is 36.0 Å². The van der Waals surface area contributed by atoms with Gasteiger partial charge in [-0.25, -0.2) is 8.42 Å². The number of halogens is 2. The molecule has 9 heteroatoms. The molecule has 1 saturated heterocycles. The Kier molecular flexibility index (Phi) is 5.87. The first-order valence-corrected chi connectivity index (χ1v) is 12.4. The molecule has 2 aromatic rings. The van der Waals surface area contributed by atoms with Gasteiger partial charge in [-0.15, -0.1) is 0 Å². The molecule has 4 rings (SSSR count). The maximum Gasteiger partial charge on any atom is 0.244 e. The van der Waals surface area contributed by atoms with Crippen molar-refractivity contribution in [2.45, 2.75) is 31.2 Å². The molecular formula is C21H23BrClN3O3S. The van der Waals surface area contributed by atoms with Gasteiger partial charge in [-0.05, 0) is 65.2 Å². The molecule has 160 valence electrons. The summed E-state index contributed by atoms with van der Waals surface area (Å²) in [4.78, 5) is 16.1. The molecule has 2 heterocycles. The molecule has 0 aromatic heterocycles. The lowest BCUT2D eigenvalue weighted by Crippen LogP contribution is -2.48. The minimum atomic E-state index is -3.70. The molecule has 30 heavy (non-hydrogen) atoms. The number of sulfonamides is 1. The Balaban J connectivity index is 1.59. The fraction of sp³-hybridized carbons (Fsp3) is 0.381.